The minimum absolute atomic E-state index is 0.152. The Bertz CT molecular complexity index is 476. The number of rotatable bonds is 7. The summed E-state index contributed by atoms with van der Waals surface area (Å²) in [6.45, 7) is 12.4. The minimum atomic E-state index is -1.12. The van der Waals surface area contributed by atoms with E-state index in [1.165, 1.54) is 0 Å². The predicted molar refractivity (Wildman–Crippen MR) is 93.3 cm³/mol. The van der Waals surface area contributed by atoms with Gasteiger partial charge in [-0.15, -0.1) is 0 Å². The molecule has 6 heteroatoms. The number of hydrogen-bond donors (Lipinski definition) is 4. The van der Waals surface area contributed by atoms with Gasteiger partial charge in [-0.3, -0.25) is 9.59 Å². The average Bonchev–Trinajstić information content (AvgIpc) is 2.59. The van der Waals surface area contributed by atoms with Gasteiger partial charge in [0.25, 0.3) is 0 Å². The lowest BCUT2D eigenvalue weighted by atomic mass is 9.73. The summed E-state index contributed by atoms with van der Waals surface area (Å²) >= 11 is 0. The van der Waals surface area contributed by atoms with E-state index in [2.05, 4.69) is 33.0 Å². The van der Waals surface area contributed by atoms with Crippen molar-refractivity contribution in [2.75, 3.05) is 0 Å². The van der Waals surface area contributed by atoms with Crippen LogP contribution in [0.25, 0.3) is 0 Å². The van der Waals surface area contributed by atoms with Gasteiger partial charge >= 0.3 is 5.97 Å². The lowest BCUT2D eigenvalue weighted by molar-refractivity contribution is -0.140. The number of aliphatic hydroxyl groups is 1. The monoisotopic (exact) mass is 342 g/mol. The van der Waals surface area contributed by atoms with Crippen molar-refractivity contribution in [3.05, 3.63) is 0 Å². The molecule has 1 amide bonds. The molecule has 0 radical (unpaired) electrons. The van der Waals surface area contributed by atoms with E-state index in [0.717, 1.165) is 6.42 Å². The van der Waals surface area contributed by atoms with Crippen LogP contribution in [-0.2, 0) is 9.59 Å². The van der Waals surface area contributed by atoms with Crippen molar-refractivity contribution >= 4 is 11.9 Å². The first-order valence-electron chi connectivity index (χ1n) is 8.75. The van der Waals surface area contributed by atoms with Crippen LogP contribution in [0.4, 0.5) is 0 Å². The van der Waals surface area contributed by atoms with Gasteiger partial charge in [-0.1, -0.05) is 27.7 Å². The van der Waals surface area contributed by atoms with Crippen molar-refractivity contribution in [1.29, 1.82) is 0 Å². The number of nitrogens with one attached hydrogen (secondary N) is 1. The molecular weight excluding hydrogens is 308 g/mol. The van der Waals surface area contributed by atoms with E-state index in [-0.39, 0.29) is 5.41 Å². The third-order valence-electron chi connectivity index (χ3n) is 5.87. The molecule has 1 saturated carbocycles. The molecule has 0 aromatic rings. The molecule has 1 aliphatic rings. The van der Waals surface area contributed by atoms with Crippen molar-refractivity contribution in [2.24, 2.45) is 28.9 Å². The summed E-state index contributed by atoms with van der Waals surface area (Å²) in [5.41, 5.74) is 4.88. The molecule has 0 spiro atoms. The molecule has 1 rings (SSSR count). The van der Waals surface area contributed by atoms with Gasteiger partial charge in [0.1, 0.15) is 0 Å². The van der Waals surface area contributed by atoms with Gasteiger partial charge in [-0.2, -0.15) is 0 Å². The van der Waals surface area contributed by atoms with E-state index in [0.29, 0.717) is 24.2 Å². The largest absolute Gasteiger partial charge is 0.481 e. The normalized spacial score (nSPS) is 29.1. The van der Waals surface area contributed by atoms with Crippen LogP contribution in [0.5, 0.6) is 0 Å². The van der Waals surface area contributed by atoms with Gasteiger partial charge in [0, 0.05) is 0 Å². The van der Waals surface area contributed by atoms with Crippen LogP contribution < -0.4 is 11.1 Å². The molecule has 4 unspecified atom stereocenters. The van der Waals surface area contributed by atoms with Crippen molar-refractivity contribution in [2.45, 2.75) is 78.5 Å². The molecule has 6 nitrogen and oxygen atoms in total. The third-order valence-corrected chi connectivity index (χ3v) is 5.87. The van der Waals surface area contributed by atoms with Crippen molar-refractivity contribution in [3.8, 4) is 0 Å². The highest BCUT2D eigenvalue weighted by atomic mass is 16.4. The highest BCUT2D eigenvalue weighted by Gasteiger charge is 2.46. The van der Waals surface area contributed by atoms with E-state index in [1.807, 2.05) is 0 Å². The molecule has 0 aromatic carbocycles. The fourth-order valence-corrected chi connectivity index (χ4v) is 4.12. The standard InChI is InChI=1S/C18H34N2O4/c1-10-9-17(3,4)12(11(10)2)7-14(21)18(5,6)20-16(24)13(19)8-15(22)23/h10-14,21H,7-9,19H2,1-6H3,(H,20,24)(H,22,23)/t10?,11?,12?,13-,14?/m0/s1. The van der Waals surface area contributed by atoms with Crippen LogP contribution in [0.1, 0.15) is 60.8 Å². The summed E-state index contributed by atoms with van der Waals surface area (Å²) in [5.74, 6) is -0.180. The fourth-order valence-electron chi connectivity index (χ4n) is 4.12. The second kappa shape index (κ2) is 7.40. The molecule has 24 heavy (non-hydrogen) atoms. The maximum atomic E-state index is 12.1. The summed E-state index contributed by atoms with van der Waals surface area (Å²) in [4.78, 5) is 22.7. The summed E-state index contributed by atoms with van der Waals surface area (Å²) in [6, 6.07) is -1.11. The molecule has 140 valence electrons. The number of hydrogen-bond acceptors (Lipinski definition) is 4. The Balaban J connectivity index is 2.73. The highest BCUT2D eigenvalue weighted by Crippen LogP contribution is 2.51. The second-order valence-corrected chi connectivity index (χ2v) is 8.80. The number of nitrogens with two attached hydrogens (primary N) is 1. The molecule has 0 bridgehead atoms. The molecule has 0 heterocycles. The first-order chi connectivity index (χ1) is 10.8. The van der Waals surface area contributed by atoms with Crippen LogP contribution in [0.3, 0.4) is 0 Å². The maximum Gasteiger partial charge on any atom is 0.305 e. The molecule has 0 saturated heterocycles. The zero-order chi connectivity index (χ0) is 18.9. The molecule has 1 fully saturated rings. The number of amides is 1. The van der Waals surface area contributed by atoms with Gasteiger partial charge < -0.3 is 21.3 Å². The number of aliphatic hydroxyl groups excluding tert-OH is 1. The van der Waals surface area contributed by atoms with E-state index >= 15 is 0 Å². The van der Waals surface area contributed by atoms with Gasteiger partial charge in [0.2, 0.25) is 5.91 Å². The van der Waals surface area contributed by atoms with Crippen molar-refractivity contribution in [3.63, 3.8) is 0 Å². The van der Waals surface area contributed by atoms with Crippen LogP contribution >= 0.6 is 0 Å². The first-order valence-corrected chi connectivity index (χ1v) is 8.75. The lowest BCUT2D eigenvalue weighted by Gasteiger charge is -2.38. The number of carbonyl (C=O) groups is 2. The SMILES string of the molecule is CC1CC(C)(C)C(CC(O)C(C)(C)NC(=O)[C@@H](N)CC(=O)O)C1C. The van der Waals surface area contributed by atoms with Crippen LogP contribution in [0.15, 0.2) is 0 Å². The quantitative estimate of drug-likeness (QED) is 0.563. The molecule has 0 aliphatic heterocycles. The Morgan fingerprint density at radius 2 is 1.88 bits per heavy atom. The van der Waals surface area contributed by atoms with Crippen LogP contribution in [0.2, 0.25) is 0 Å². The van der Waals surface area contributed by atoms with Gasteiger partial charge in [0.05, 0.1) is 24.1 Å². The minimum Gasteiger partial charge on any atom is -0.481 e. The smallest absolute Gasteiger partial charge is 0.305 e. The van der Waals surface area contributed by atoms with Crippen molar-refractivity contribution < 1.29 is 19.8 Å². The van der Waals surface area contributed by atoms with Crippen molar-refractivity contribution in [1.82, 2.24) is 5.32 Å². The topological polar surface area (TPSA) is 113 Å². The zero-order valence-corrected chi connectivity index (χ0v) is 15.8. The summed E-state index contributed by atoms with van der Waals surface area (Å²) in [6.07, 6.45) is 0.569. The first kappa shape index (κ1) is 20.9. The van der Waals surface area contributed by atoms with Gasteiger partial charge in [0.15, 0.2) is 0 Å². The Labute approximate surface area is 145 Å². The lowest BCUT2D eigenvalue weighted by Crippen LogP contribution is -2.57. The van der Waals surface area contributed by atoms with Gasteiger partial charge in [-0.25, -0.2) is 0 Å². The molecule has 5 N–H and O–H groups in total. The Kier molecular flexibility index (Phi) is 6.44. The van der Waals surface area contributed by atoms with E-state index < -0.39 is 36.0 Å². The number of carboxylic acid groups (broad SMARTS) is 1. The number of carboxylic acids is 1. The molecule has 0 aromatic heterocycles. The number of aliphatic carboxylic acids is 1. The fraction of sp³-hybridized carbons (Fsp3) is 0.889. The highest BCUT2D eigenvalue weighted by molar-refractivity contribution is 5.86. The Morgan fingerprint density at radius 3 is 2.29 bits per heavy atom. The second-order valence-electron chi connectivity index (χ2n) is 8.80. The summed E-state index contributed by atoms with van der Waals surface area (Å²) in [7, 11) is 0. The number of carbonyl (C=O) groups excluding carboxylic acids is 1. The maximum absolute atomic E-state index is 12.1. The third kappa shape index (κ3) is 4.93. The summed E-state index contributed by atoms with van der Waals surface area (Å²) in [5, 5.41) is 22.2. The molecular formula is C18H34N2O4. The zero-order valence-electron chi connectivity index (χ0n) is 15.8. The predicted octanol–water partition coefficient (Wildman–Crippen LogP) is 1.75. The molecule has 1 aliphatic carbocycles. The van der Waals surface area contributed by atoms with Crippen LogP contribution in [-0.4, -0.2) is 39.8 Å². The van der Waals surface area contributed by atoms with Gasteiger partial charge in [-0.05, 0) is 49.9 Å². The Hall–Kier alpha value is -1.14. The summed E-state index contributed by atoms with van der Waals surface area (Å²) < 4.78 is 0. The van der Waals surface area contributed by atoms with E-state index in [4.69, 9.17) is 10.8 Å². The Morgan fingerprint density at radius 1 is 1.33 bits per heavy atom. The van der Waals surface area contributed by atoms with E-state index in [9.17, 15) is 14.7 Å². The van der Waals surface area contributed by atoms with E-state index in [1.54, 1.807) is 13.8 Å². The average molecular weight is 342 g/mol. The molecule has 5 atom stereocenters. The van der Waals surface area contributed by atoms with Crippen LogP contribution in [0, 0.1) is 23.2 Å².